The van der Waals surface area contributed by atoms with Gasteiger partial charge in [-0.15, -0.1) is 0 Å². The Balaban J connectivity index is 0.00000106. The molecule has 6 atom stereocenters. The molecule has 0 aromatic heterocycles. The Kier molecular flexibility index (Phi) is 15.8. The van der Waals surface area contributed by atoms with Crippen molar-refractivity contribution in [3.63, 3.8) is 0 Å². The van der Waals surface area contributed by atoms with Crippen LogP contribution in [0.15, 0.2) is 0 Å². The maximum Gasteiger partial charge on any atom is 0.157 e. The third-order valence-electron chi connectivity index (χ3n) is 7.19. The predicted octanol–water partition coefficient (Wildman–Crippen LogP) is 6.11. The van der Waals surface area contributed by atoms with Crippen LogP contribution in [0.3, 0.4) is 0 Å². The molecule has 3 rings (SSSR count). The first-order valence-electron chi connectivity index (χ1n) is 12.6. The van der Waals surface area contributed by atoms with Gasteiger partial charge in [0.15, 0.2) is 6.29 Å². The zero-order valence-electron chi connectivity index (χ0n) is 20.4. The van der Waals surface area contributed by atoms with E-state index in [2.05, 4.69) is 26.5 Å². The summed E-state index contributed by atoms with van der Waals surface area (Å²) in [7, 11) is 0. The molecule has 1 heterocycles. The summed E-state index contributed by atoms with van der Waals surface area (Å²) in [5, 5.41) is 10.6. The van der Waals surface area contributed by atoms with Crippen LogP contribution in [0.5, 0.6) is 0 Å². The third kappa shape index (κ3) is 9.36. The maximum absolute atomic E-state index is 10.6. The summed E-state index contributed by atoms with van der Waals surface area (Å²) in [5.74, 6) is 2.02. The van der Waals surface area contributed by atoms with E-state index >= 15 is 0 Å². The van der Waals surface area contributed by atoms with Crippen molar-refractivity contribution in [2.45, 2.75) is 110 Å². The normalized spacial score (nSPS) is 31.7. The molecule has 0 amide bonds. The molecule has 3 fully saturated rings. The average Bonchev–Trinajstić information content (AvgIpc) is 3.01. The molecule has 30 heavy (non-hydrogen) atoms. The van der Waals surface area contributed by atoms with Crippen molar-refractivity contribution in [2.24, 2.45) is 23.7 Å². The molecule has 1 aliphatic heterocycles. The third-order valence-corrected chi connectivity index (χ3v) is 7.19. The molecule has 0 aromatic carbocycles. The minimum atomic E-state index is -0.686. The summed E-state index contributed by atoms with van der Waals surface area (Å²) in [5.41, 5.74) is 0. The zero-order chi connectivity index (χ0) is 22.4. The fraction of sp³-hybridized carbons (Fsp3) is 1.00. The lowest BCUT2D eigenvalue weighted by molar-refractivity contribution is -0.166. The highest BCUT2D eigenvalue weighted by atomic mass is 32.1. The van der Waals surface area contributed by atoms with Gasteiger partial charge in [0.05, 0.1) is 32.0 Å². The summed E-state index contributed by atoms with van der Waals surface area (Å²) in [6.45, 7) is 10.3. The largest absolute Gasteiger partial charge is 0.378 e. The van der Waals surface area contributed by atoms with E-state index in [1.54, 1.807) is 6.26 Å². The summed E-state index contributed by atoms with van der Waals surface area (Å²) in [4.78, 5) is 0. The molecule has 2 saturated carbocycles. The molecule has 1 N–H and O–H groups in total. The highest BCUT2D eigenvalue weighted by Gasteiger charge is 2.40. The first-order valence-corrected chi connectivity index (χ1v) is 13.5. The van der Waals surface area contributed by atoms with E-state index in [1.807, 2.05) is 13.8 Å². The van der Waals surface area contributed by atoms with Crippen molar-refractivity contribution in [3.05, 3.63) is 0 Å². The van der Waals surface area contributed by atoms with Gasteiger partial charge in [-0.2, -0.15) is 12.6 Å². The number of hydrogen-bond donors (Lipinski definition) is 2. The van der Waals surface area contributed by atoms with Crippen LogP contribution in [0.2, 0.25) is 0 Å². The molecular formula is C25H50O4S. The molecule has 0 aromatic rings. The van der Waals surface area contributed by atoms with E-state index in [9.17, 15) is 5.11 Å². The second-order valence-electron chi connectivity index (χ2n) is 8.99. The average molecular weight is 447 g/mol. The Labute approximate surface area is 192 Å². The summed E-state index contributed by atoms with van der Waals surface area (Å²) in [6.07, 6.45) is 14.4. The Morgan fingerprint density at radius 1 is 0.933 bits per heavy atom. The smallest absolute Gasteiger partial charge is 0.157 e. The lowest BCUT2D eigenvalue weighted by atomic mass is 9.66. The minimum absolute atomic E-state index is 0.162. The van der Waals surface area contributed by atoms with Gasteiger partial charge in [-0.05, 0) is 63.0 Å². The van der Waals surface area contributed by atoms with Crippen molar-refractivity contribution in [3.8, 4) is 0 Å². The predicted molar refractivity (Wildman–Crippen MR) is 129 cm³/mol. The molecule has 180 valence electrons. The molecule has 2 aliphatic carbocycles. The van der Waals surface area contributed by atoms with E-state index in [-0.39, 0.29) is 5.92 Å². The van der Waals surface area contributed by atoms with Gasteiger partial charge >= 0.3 is 0 Å². The second kappa shape index (κ2) is 16.8. The Hall–Kier alpha value is 0.190. The molecule has 5 heteroatoms. The first-order chi connectivity index (χ1) is 14.6. The molecule has 0 radical (unpaired) electrons. The van der Waals surface area contributed by atoms with Crippen molar-refractivity contribution >= 4 is 12.6 Å². The van der Waals surface area contributed by atoms with Crippen LogP contribution in [0.4, 0.5) is 0 Å². The van der Waals surface area contributed by atoms with E-state index < -0.39 is 6.29 Å². The van der Waals surface area contributed by atoms with E-state index in [4.69, 9.17) is 14.2 Å². The zero-order valence-corrected chi connectivity index (χ0v) is 21.2. The standard InChI is InChI=1S/C22H40O4.C2H6.CH4S/c1-16-11-12-18-7-6-10-20(21(18)15-26-16)17(2)22(23)25-14-13-24-19-8-4-3-5-9-19;2*1-2/h16-23H,3-15H2,1-2H3;1-2H3;2H,1H3. The quantitative estimate of drug-likeness (QED) is 0.281. The number of aliphatic hydroxyl groups excluding tert-OH is 1. The van der Waals surface area contributed by atoms with Gasteiger partial charge in [-0.3, -0.25) is 0 Å². The number of fused-ring (bicyclic) bond motifs is 1. The fourth-order valence-electron chi connectivity index (χ4n) is 5.45. The van der Waals surface area contributed by atoms with Crippen LogP contribution in [0.25, 0.3) is 0 Å². The summed E-state index contributed by atoms with van der Waals surface area (Å²) in [6, 6.07) is 0. The monoisotopic (exact) mass is 446 g/mol. The van der Waals surface area contributed by atoms with Gasteiger partial charge < -0.3 is 19.3 Å². The highest BCUT2D eigenvalue weighted by Crippen LogP contribution is 2.44. The fourth-order valence-corrected chi connectivity index (χ4v) is 5.45. The minimum Gasteiger partial charge on any atom is -0.378 e. The molecule has 3 aliphatic rings. The van der Waals surface area contributed by atoms with Crippen molar-refractivity contribution < 1.29 is 19.3 Å². The topological polar surface area (TPSA) is 47.9 Å². The van der Waals surface area contributed by atoms with Gasteiger partial charge in [0.25, 0.3) is 0 Å². The van der Waals surface area contributed by atoms with Crippen LogP contribution >= 0.6 is 12.6 Å². The van der Waals surface area contributed by atoms with Crippen LogP contribution in [-0.4, -0.2) is 49.7 Å². The van der Waals surface area contributed by atoms with Gasteiger partial charge in [0, 0.05) is 5.92 Å². The molecule has 6 unspecified atom stereocenters. The van der Waals surface area contributed by atoms with E-state index in [1.165, 1.54) is 64.2 Å². The SMILES string of the molecule is CC.CC1CCC2CCCC(C(C)C(O)OCCOC3CCCCC3)C2CO1.CS. The van der Waals surface area contributed by atoms with Crippen molar-refractivity contribution in [2.75, 3.05) is 26.1 Å². The number of thiol groups is 1. The maximum atomic E-state index is 10.6. The van der Waals surface area contributed by atoms with Crippen molar-refractivity contribution in [1.82, 2.24) is 0 Å². The molecular weight excluding hydrogens is 396 g/mol. The number of ether oxygens (including phenoxy) is 3. The Morgan fingerprint density at radius 3 is 2.33 bits per heavy atom. The first kappa shape index (κ1) is 28.2. The Bertz CT molecular complexity index is 403. The van der Waals surface area contributed by atoms with Gasteiger partial charge in [-0.1, -0.05) is 52.9 Å². The molecule has 0 spiro atoms. The van der Waals surface area contributed by atoms with Crippen LogP contribution in [0.1, 0.15) is 91.9 Å². The Morgan fingerprint density at radius 2 is 1.63 bits per heavy atom. The van der Waals surface area contributed by atoms with Crippen LogP contribution in [-0.2, 0) is 14.2 Å². The highest BCUT2D eigenvalue weighted by molar-refractivity contribution is 7.79. The lowest BCUT2D eigenvalue weighted by Gasteiger charge is -2.41. The summed E-state index contributed by atoms with van der Waals surface area (Å²) >= 11 is 3.53. The molecule has 0 bridgehead atoms. The second-order valence-corrected chi connectivity index (χ2v) is 8.99. The van der Waals surface area contributed by atoms with E-state index in [0.717, 1.165) is 12.5 Å². The number of aliphatic hydroxyl groups is 1. The summed E-state index contributed by atoms with van der Waals surface area (Å²) < 4.78 is 17.7. The van der Waals surface area contributed by atoms with Crippen LogP contribution < -0.4 is 0 Å². The van der Waals surface area contributed by atoms with E-state index in [0.29, 0.717) is 37.3 Å². The number of hydrogen-bond acceptors (Lipinski definition) is 5. The van der Waals surface area contributed by atoms with Gasteiger partial charge in [0.1, 0.15) is 0 Å². The lowest BCUT2D eigenvalue weighted by Crippen LogP contribution is -2.39. The number of rotatable bonds is 7. The molecule has 1 saturated heterocycles. The van der Waals surface area contributed by atoms with Crippen LogP contribution in [0, 0.1) is 23.7 Å². The molecule has 4 nitrogen and oxygen atoms in total. The van der Waals surface area contributed by atoms with Crippen molar-refractivity contribution in [1.29, 1.82) is 0 Å². The van der Waals surface area contributed by atoms with Gasteiger partial charge in [0.2, 0.25) is 0 Å². The van der Waals surface area contributed by atoms with Gasteiger partial charge in [-0.25, -0.2) is 0 Å².